The normalized spacial score (nSPS) is 12.0. The predicted octanol–water partition coefficient (Wildman–Crippen LogP) is 4.80. The molecular formula is C25H25FN4O. The monoisotopic (exact) mass is 416 g/mol. The summed E-state index contributed by atoms with van der Waals surface area (Å²) in [7, 11) is 1.64. The SMILES string of the molecule is COc1ccc(-c2nn(-c3ccccc3F)cc2CN[C@H](C)Cc2cccnc2)cc1. The summed E-state index contributed by atoms with van der Waals surface area (Å²) in [5.41, 5.74) is 4.36. The van der Waals surface area contributed by atoms with E-state index in [2.05, 4.69) is 23.3 Å². The maximum atomic E-state index is 14.4. The molecule has 0 saturated heterocycles. The fourth-order valence-corrected chi connectivity index (χ4v) is 3.52. The van der Waals surface area contributed by atoms with Crippen LogP contribution < -0.4 is 10.1 Å². The van der Waals surface area contributed by atoms with Gasteiger partial charge in [-0.3, -0.25) is 4.98 Å². The average Bonchev–Trinajstić information content (AvgIpc) is 3.23. The highest BCUT2D eigenvalue weighted by atomic mass is 19.1. The van der Waals surface area contributed by atoms with E-state index in [0.717, 1.165) is 29.0 Å². The molecule has 2 heterocycles. The third-order valence-electron chi connectivity index (χ3n) is 5.16. The molecule has 2 aromatic carbocycles. The molecule has 0 aliphatic carbocycles. The van der Waals surface area contributed by atoms with E-state index in [0.29, 0.717) is 12.2 Å². The van der Waals surface area contributed by atoms with Crippen molar-refractivity contribution in [2.24, 2.45) is 0 Å². The zero-order valence-corrected chi connectivity index (χ0v) is 17.6. The van der Waals surface area contributed by atoms with Crippen LogP contribution in [0.5, 0.6) is 5.75 Å². The van der Waals surface area contributed by atoms with E-state index < -0.39 is 0 Å². The molecule has 4 rings (SSSR count). The van der Waals surface area contributed by atoms with Crippen molar-refractivity contribution in [1.29, 1.82) is 0 Å². The van der Waals surface area contributed by atoms with Crippen molar-refractivity contribution in [3.63, 3.8) is 0 Å². The number of nitrogens with one attached hydrogen (secondary N) is 1. The minimum atomic E-state index is -0.310. The molecule has 0 aliphatic heterocycles. The van der Waals surface area contributed by atoms with Crippen LogP contribution in [0.25, 0.3) is 16.9 Å². The van der Waals surface area contributed by atoms with Crippen LogP contribution in [0.2, 0.25) is 0 Å². The number of aromatic nitrogens is 3. The minimum absolute atomic E-state index is 0.240. The van der Waals surface area contributed by atoms with Crippen LogP contribution in [-0.2, 0) is 13.0 Å². The van der Waals surface area contributed by atoms with Crippen molar-refractivity contribution in [2.45, 2.75) is 25.9 Å². The third kappa shape index (κ3) is 4.98. The van der Waals surface area contributed by atoms with E-state index in [1.165, 1.54) is 11.6 Å². The molecule has 31 heavy (non-hydrogen) atoms. The summed E-state index contributed by atoms with van der Waals surface area (Å²) in [5, 5.41) is 8.27. The Morgan fingerprint density at radius 3 is 2.58 bits per heavy atom. The Morgan fingerprint density at radius 2 is 1.87 bits per heavy atom. The van der Waals surface area contributed by atoms with E-state index in [-0.39, 0.29) is 11.9 Å². The molecule has 0 amide bonds. The second kappa shape index (κ2) is 9.53. The molecule has 0 radical (unpaired) electrons. The zero-order chi connectivity index (χ0) is 21.6. The number of benzene rings is 2. The van der Waals surface area contributed by atoms with Crippen molar-refractivity contribution >= 4 is 0 Å². The first-order chi connectivity index (χ1) is 15.1. The van der Waals surface area contributed by atoms with Crippen LogP contribution in [0, 0.1) is 5.82 Å². The first-order valence-corrected chi connectivity index (χ1v) is 10.2. The summed E-state index contributed by atoms with van der Waals surface area (Å²) in [6, 6.07) is 18.7. The lowest BCUT2D eigenvalue weighted by molar-refractivity contribution is 0.415. The minimum Gasteiger partial charge on any atom is -0.497 e. The Morgan fingerprint density at radius 1 is 1.06 bits per heavy atom. The van der Waals surface area contributed by atoms with Crippen molar-refractivity contribution < 1.29 is 9.13 Å². The maximum absolute atomic E-state index is 14.4. The molecule has 2 aromatic heterocycles. The molecule has 0 unspecified atom stereocenters. The van der Waals surface area contributed by atoms with Crippen molar-refractivity contribution in [3.05, 3.63) is 96.2 Å². The number of pyridine rings is 1. The standard InChI is InChI=1S/C25H25FN4O/c1-18(14-19-6-5-13-27-15-19)28-16-21-17-30(24-8-4-3-7-23(24)26)29-25(21)20-9-11-22(31-2)12-10-20/h3-13,15,17-18,28H,14,16H2,1-2H3/t18-/m1/s1. The van der Waals surface area contributed by atoms with Gasteiger partial charge in [-0.1, -0.05) is 18.2 Å². The van der Waals surface area contributed by atoms with Gasteiger partial charge >= 0.3 is 0 Å². The van der Waals surface area contributed by atoms with Gasteiger partial charge in [-0.05, 0) is 61.4 Å². The number of halogens is 1. The molecular weight excluding hydrogens is 391 g/mol. The highest BCUT2D eigenvalue weighted by molar-refractivity contribution is 5.64. The smallest absolute Gasteiger partial charge is 0.148 e. The Balaban J connectivity index is 1.60. The van der Waals surface area contributed by atoms with Crippen LogP contribution >= 0.6 is 0 Å². The van der Waals surface area contributed by atoms with Gasteiger partial charge in [0.2, 0.25) is 0 Å². The molecule has 0 aliphatic rings. The van der Waals surface area contributed by atoms with Gasteiger partial charge in [0.25, 0.3) is 0 Å². The second-order valence-corrected chi connectivity index (χ2v) is 7.47. The quantitative estimate of drug-likeness (QED) is 0.448. The average molecular weight is 417 g/mol. The number of hydrogen-bond acceptors (Lipinski definition) is 4. The largest absolute Gasteiger partial charge is 0.497 e. The Hall–Kier alpha value is -3.51. The topological polar surface area (TPSA) is 52.0 Å². The lowest BCUT2D eigenvalue weighted by Crippen LogP contribution is -2.27. The molecule has 0 fully saturated rings. The highest BCUT2D eigenvalue weighted by Crippen LogP contribution is 2.26. The van der Waals surface area contributed by atoms with E-state index in [1.54, 1.807) is 36.2 Å². The van der Waals surface area contributed by atoms with E-state index in [1.807, 2.05) is 42.7 Å². The number of methoxy groups -OCH3 is 1. The Bertz CT molecular complexity index is 1130. The molecule has 4 aromatic rings. The maximum Gasteiger partial charge on any atom is 0.148 e. The van der Waals surface area contributed by atoms with Gasteiger partial charge in [-0.15, -0.1) is 0 Å². The summed E-state index contributed by atoms with van der Waals surface area (Å²) < 4.78 is 21.3. The van der Waals surface area contributed by atoms with Crippen LogP contribution in [0.1, 0.15) is 18.1 Å². The van der Waals surface area contributed by atoms with Gasteiger partial charge in [-0.2, -0.15) is 5.10 Å². The predicted molar refractivity (Wildman–Crippen MR) is 120 cm³/mol. The lowest BCUT2D eigenvalue weighted by atomic mass is 10.1. The third-order valence-corrected chi connectivity index (χ3v) is 5.16. The number of para-hydroxylation sites is 1. The van der Waals surface area contributed by atoms with Crippen LogP contribution in [-0.4, -0.2) is 27.9 Å². The van der Waals surface area contributed by atoms with Crippen LogP contribution in [0.3, 0.4) is 0 Å². The van der Waals surface area contributed by atoms with E-state index >= 15 is 0 Å². The number of ether oxygens (including phenoxy) is 1. The number of hydrogen-bond donors (Lipinski definition) is 1. The fraction of sp³-hybridized carbons (Fsp3) is 0.200. The highest BCUT2D eigenvalue weighted by Gasteiger charge is 2.15. The van der Waals surface area contributed by atoms with Crippen molar-refractivity contribution in [1.82, 2.24) is 20.1 Å². The summed E-state index contributed by atoms with van der Waals surface area (Å²) in [4.78, 5) is 4.18. The molecule has 0 saturated carbocycles. The zero-order valence-electron chi connectivity index (χ0n) is 17.6. The molecule has 6 heteroatoms. The summed E-state index contributed by atoms with van der Waals surface area (Å²) >= 11 is 0. The molecule has 0 bridgehead atoms. The first-order valence-electron chi connectivity index (χ1n) is 10.2. The van der Waals surface area contributed by atoms with Crippen molar-refractivity contribution in [3.8, 4) is 22.7 Å². The van der Waals surface area contributed by atoms with Gasteiger partial charge in [0.1, 0.15) is 17.3 Å². The summed E-state index contributed by atoms with van der Waals surface area (Å²) in [6.07, 6.45) is 6.42. The summed E-state index contributed by atoms with van der Waals surface area (Å²) in [5.74, 6) is 0.470. The van der Waals surface area contributed by atoms with E-state index in [9.17, 15) is 4.39 Å². The summed E-state index contributed by atoms with van der Waals surface area (Å²) in [6.45, 7) is 2.75. The Kier molecular flexibility index (Phi) is 6.38. The molecule has 1 atom stereocenters. The van der Waals surface area contributed by atoms with Crippen LogP contribution in [0.15, 0.2) is 79.3 Å². The Labute approximate surface area is 181 Å². The number of nitrogens with zero attached hydrogens (tertiary/aromatic N) is 3. The molecule has 1 N–H and O–H groups in total. The van der Waals surface area contributed by atoms with Gasteiger partial charge in [0.05, 0.1) is 12.8 Å². The van der Waals surface area contributed by atoms with E-state index in [4.69, 9.17) is 9.84 Å². The van der Waals surface area contributed by atoms with Crippen LogP contribution in [0.4, 0.5) is 4.39 Å². The number of rotatable bonds is 8. The second-order valence-electron chi connectivity index (χ2n) is 7.47. The molecule has 0 spiro atoms. The molecule has 158 valence electrons. The van der Waals surface area contributed by atoms with Gasteiger partial charge in [0, 0.05) is 42.3 Å². The fourth-order valence-electron chi connectivity index (χ4n) is 3.52. The molecule has 5 nitrogen and oxygen atoms in total. The van der Waals surface area contributed by atoms with Gasteiger partial charge in [-0.25, -0.2) is 9.07 Å². The lowest BCUT2D eigenvalue weighted by Gasteiger charge is -2.13. The van der Waals surface area contributed by atoms with Crippen molar-refractivity contribution in [2.75, 3.05) is 7.11 Å². The first kappa shape index (κ1) is 20.8. The van der Waals surface area contributed by atoms with Gasteiger partial charge in [0.15, 0.2) is 0 Å². The van der Waals surface area contributed by atoms with Gasteiger partial charge < -0.3 is 10.1 Å².